The minimum Gasteiger partial charge on any atom is -0.493 e. The number of aryl methyl sites for hydroxylation is 2. The molecule has 7 nitrogen and oxygen atoms in total. The average Bonchev–Trinajstić information content (AvgIpc) is 3.10. The van der Waals surface area contributed by atoms with E-state index in [4.69, 9.17) is 13.9 Å². The standard InChI is InChI=1S/C20H21N3O4/c1-12-8-9-14(10-13(12)2)11-17-22-23-20(27-17)21-19(24)15-6-5-7-16(25-3)18(15)26-4/h5-10H,11H2,1-4H3,(H,21,23,24). The monoisotopic (exact) mass is 367 g/mol. The Bertz CT molecular complexity index is 966. The lowest BCUT2D eigenvalue weighted by Gasteiger charge is -2.11. The highest BCUT2D eigenvalue weighted by Gasteiger charge is 2.18. The maximum atomic E-state index is 12.5. The van der Waals surface area contributed by atoms with Crippen molar-refractivity contribution in [3.05, 3.63) is 64.5 Å². The summed E-state index contributed by atoms with van der Waals surface area (Å²) in [5.41, 5.74) is 3.80. The van der Waals surface area contributed by atoms with Crippen molar-refractivity contribution in [2.24, 2.45) is 0 Å². The number of benzene rings is 2. The Balaban J connectivity index is 1.74. The first-order chi connectivity index (χ1) is 13.0. The van der Waals surface area contributed by atoms with Crippen LogP contribution in [0, 0.1) is 13.8 Å². The van der Waals surface area contributed by atoms with Gasteiger partial charge in [0.05, 0.1) is 26.2 Å². The van der Waals surface area contributed by atoms with Gasteiger partial charge in [0.1, 0.15) is 0 Å². The number of carbonyl (C=O) groups excluding carboxylic acids is 1. The molecular weight excluding hydrogens is 346 g/mol. The molecule has 3 rings (SSSR count). The fourth-order valence-corrected chi connectivity index (χ4v) is 2.69. The normalized spacial score (nSPS) is 10.5. The number of ether oxygens (including phenoxy) is 2. The lowest BCUT2D eigenvalue weighted by molar-refractivity contribution is 0.102. The maximum Gasteiger partial charge on any atom is 0.322 e. The summed E-state index contributed by atoms with van der Waals surface area (Å²) >= 11 is 0. The van der Waals surface area contributed by atoms with Crippen LogP contribution in [-0.4, -0.2) is 30.3 Å². The van der Waals surface area contributed by atoms with Gasteiger partial charge in [0.15, 0.2) is 11.5 Å². The number of hydrogen-bond acceptors (Lipinski definition) is 6. The van der Waals surface area contributed by atoms with Crippen molar-refractivity contribution < 1.29 is 18.7 Å². The number of aromatic nitrogens is 2. The summed E-state index contributed by atoms with van der Waals surface area (Å²) in [6.45, 7) is 4.12. The molecule has 0 fully saturated rings. The van der Waals surface area contributed by atoms with E-state index < -0.39 is 5.91 Å². The fourth-order valence-electron chi connectivity index (χ4n) is 2.69. The second-order valence-corrected chi connectivity index (χ2v) is 6.09. The summed E-state index contributed by atoms with van der Waals surface area (Å²) in [5, 5.41) is 10.5. The maximum absolute atomic E-state index is 12.5. The van der Waals surface area contributed by atoms with Crippen LogP contribution in [0.25, 0.3) is 0 Å². The molecule has 0 spiro atoms. The van der Waals surface area contributed by atoms with Crippen molar-refractivity contribution in [3.63, 3.8) is 0 Å². The quantitative estimate of drug-likeness (QED) is 0.717. The van der Waals surface area contributed by atoms with Gasteiger partial charge in [-0.2, -0.15) is 0 Å². The molecule has 1 N–H and O–H groups in total. The molecule has 2 aromatic carbocycles. The van der Waals surface area contributed by atoms with Gasteiger partial charge in [-0.15, -0.1) is 5.10 Å². The molecule has 0 radical (unpaired) electrons. The zero-order valence-corrected chi connectivity index (χ0v) is 15.7. The SMILES string of the molecule is COc1cccc(C(=O)Nc2nnc(Cc3ccc(C)c(C)c3)o2)c1OC. The van der Waals surface area contributed by atoms with Crippen LogP contribution >= 0.6 is 0 Å². The number of anilines is 1. The number of carbonyl (C=O) groups is 1. The number of nitrogens with zero attached hydrogens (tertiary/aromatic N) is 2. The van der Waals surface area contributed by atoms with E-state index >= 15 is 0 Å². The Morgan fingerprint density at radius 3 is 2.59 bits per heavy atom. The van der Waals surface area contributed by atoms with E-state index in [1.807, 2.05) is 6.07 Å². The zero-order chi connectivity index (χ0) is 19.4. The van der Waals surface area contributed by atoms with E-state index in [0.717, 1.165) is 5.56 Å². The molecule has 0 aliphatic heterocycles. The van der Waals surface area contributed by atoms with Gasteiger partial charge in [0.25, 0.3) is 5.91 Å². The van der Waals surface area contributed by atoms with Crippen molar-refractivity contribution in [1.29, 1.82) is 0 Å². The Hall–Kier alpha value is -3.35. The summed E-state index contributed by atoms with van der Waals surface area (Å²) in [4.78, 5) is 12.5. The summed E-state index contributed by atoms with van der Waals surface area (Å²) in [7, 11) is 2.99. The molecule has 3 aromatic rings. The van der Waals surface area contributed by atoms with Gasteiger partial charge < -0.3 is 13.9 Å². The predicted molar refractivity (Wildman–Crippen MR) is 101 cm³/mol. The van der Waals surface area contributed by atoms with Crippen molar-refractivity contribution in [2.45, 2.75) is 20.3 Å². The van der Waals surface area contributed by atoms with Gasteiger partial charge in [-0.3, -0.25) is 10.1 Å². The lowest BCUT2D eigenvalue weighted by Crippen LogP contribution is -2.13. The summed E-state index contributed by atoms with van der Waals surface area (Å²) < 4.78 is 16.0. The molecule has 1 aromatic heterocycles. The predicted octanol–water partition coefficient (Wildman–Crippen LogP) is 3.55. The highest BCUT2D eigenvalue weighted by Crippen LogP contribution is 2.31. The first-order valence-electron chi connectivity index (χ1n) is 8.42. The van der Waals surface area contributed by atoms with Crippen LogP contribution in [-0.2, 0) is 6.42 Å². The Labute approximate surface area is 157 Å². The van der Waals surface area contributed by atoms with E-state index in [1.165, 1.54) is 25.3 Å². The Morgan fingerprint density at radius 1 is 1.07 bits per heavy atom. The van der Waals surface area contributed by atoms with Crippen LogP contribution in [0.2, 0.25) is 0 Å². The van der Waals surface area contributed by atoms with E-state index in [2.05, 4.69) is 41.5 Å². The Kier molecular flexibility index (Phi) is 5.40. The second-order valence-electron chi connectivity index (χ2n) is 6.09. The van der Waals surface area contributed by atoms with Crippen LogP contribution in [0.1, 0.15) is 32.9 Å². The molecule has 0 bridgehead atoms. The molecule has 1 amide bonds. The van der Waals surface area contributed by atoms with E-state index in [0.29, 0.717) is 29.4 Å². The number of para-hydroxylation sites is 1. The summed E-state index contributed by atoms with van der Waals surface area (Å²) in [6, 6.07) is 11.2. The molecule has 0 atom stereocenters. The minimum atomic E-state index is -0.424. The smallest absolute Gasteiger partial charge is 0.322 e. The molecule has 0 saturated carbocycles. The van der Waals surface area contributed by atoms with Crippen LogP contribution in [0.4, 0.5) is 6.01 Å². The zero-order valence-electron chi connectivity index (χ0n) is 15.7. The molecule has 0 unspecified atom stereocenters. The van der Waals surface area contributed by atoms with Crippen LogP contribution in [0.3, 0.4) is 0 Å². The molecule has 0 saturated heterocycles. The van der Waals surface area contributed by atoms with Gasteiger partial charge in [0, 0.05) is 0 Å². The first-order valence-corrected chi connectivity index (χ1v) is 8.42. The average molecular weight is 367 g/mol. The molecular formula is C20H21N3O4. The largest absolute Gasteiger partial charge is 0.493 e. The molecule has 0 aliphatic rings. The van der Waals surface area contributed by atoms with Crippen LogP contribution < -0.4 is 14.8 Å². The topological polar surface area (TPSA) is 86.5 Å². The number of nitrogens with one attached hydrogen (secondary N) is 1. The van der Waals surface area contributed by atoms with Crippen molar-refractivity contribution in [3.8, 4) is 11.5 Å². The third kappa shape index (κ3) is 4.08. The van der Waals surface area contributed by atoms with Crippen molar-refractivity contribution in [2.75, 3.05) is 19.5 Å². The summed E-state index contributed by atoms with van der Waals surface area (Å²) in [6.07, 6.45) is 0.493. The van der Waals surface area contributed by atoms with E-state index in [9.17, 15) is 4.79 Å². The van der Waals surface area contributed by atoms with Crippen LogP contribution in [0.5, 0.6) is 11.5 Å². The Morgan fingerprint density at radius 2 is 1.89 bits per heavy atom. The highest BCUT2D eigenvalue weighted by atomic mass is 16.5. The van der Waals surface area contributed by atoms with Gasteiger partial charge in [-0.05, 0) is 42.7 Å². The van der Waals surface area contributed by atoms with Crippen molar-refractivity contribution >= 4 is 11.9 Å². The van der Waals surface area contributed by atoms with Crippen molar-refractivity contribution in [1.82, 2.24) is 10.2 Å². The summed E-state index contributed by atoms with van der Waals surface area (Å²) in [5.74, 6) is 0.803. The number of amides is 1. The number of methoxy groups -OCH3 is 2. The van der Waals surface area contributed by atoms with Gasteiger partial charge in [0.2, 0.25) is 5.89 Å². The third-order valence-corrected chi connectivity index (χ3v) is 4.26. The highest BCUT2D eigenvalue weighted by molar-refractivity contribution is 6.05. The molecule has 140 valence electrons. The van der Waals surface area contributed by atoms with Gasteiger partial charge >= 0.3 is 6.01 Å². The minimum absolute atomic E-state index is 0.0312. The second kappa shape index (κ2) is 7.90. The van der Waals surface area contributed by atoms with E-state index in [1.54, 1.807) is 18.2 Å². The molecule has 7 heteroatoms. The van der Waals surface area contributed by atoms with Gasteiger partial charge in [-0.1, -0.05) is 29.4 Å². The molecule has 0 aliphatic carbocycles. The lowest BCUT2D eigenvalue weighted by atomic mass is 10.0. The third-order valence-electron chi connectivity index (χ3n) is 4.26. The number of hydrogen-bond donors (Lipinski definition) is 1. The van der Waals surface area contributed by atoms with E-state index in [-0.39, 0.29) is 6.01 Å². The number of rotatable bonds is 6. The van der Waals surface area contributed by atoms with Gasteiger partial charge in [-0.25, -0.2) is 0 Å². The molecule has 1 heterocycles. The van der Waals surface area contributed by atoms with Crippen LogP contribution in [0.15, 0.2) is 40.8 Å². The fraction of sp³-hybridized carbons (Fsp3) is 0.250. The first kappa shape index (κ1) is 18.4. The molecule has 27 heavy (non-hydrogen) atoms.